The molecule has 0 radical (unpaired) electrons. The molecule has 0 aromatic carbocycles. The third-order valence-electron chi connectivity index (χ3n) is 3.72. The second-order valence-corrected chi connectivity index (χ2v) is 6.06. The normalized spacial score (nSPS) is 17.6. The molecular formula is C13H20BrN3O. The SMILES string of the molecule is CCn1nc(C)c(Br)c1CC(=O)CC1(N)CCC1. The van der Waals surface area contributed by atoms with Crippen LogP contribution in [0.3, 0.4) is 0 Å². The average molecular weight is 314 g/mol. The summed E-state index contributed by atoms with van der Waals surface area (Å²) in [7, 11) is 0. The predicted octanol–water partition coefficient (Wildman–Crippen LogP) is 2.36. The van der Waals surface area contributed by atoms with Crippen molar-refractivity contribution in [2.75, 3.05) is 0 Å². The highest BCUT2D eigenvalue weighted by Crippen LogP contribution is 2.33. The molecule has 4 nitrogen and oxygen atoms in total. The number of hydrogen-bond donors (Lipinski definition) is 1. The summed E-state index contributed by atoms with van der Waals surface area (Å²) in [5.41, 5.74) is 7.80. The lowest BCUT2D eigenvalue weighted by Crippen LogP contribution is -2.48. The number of nitrogens with zero attached hydrogens (tertiary/aromatic N) is 2. The number of nitrogens with two attached hydrogens (primary N) is 1. The molecule has 1 aliphatic carbocycles. The number of rotatable bonds is 5. The van der Waals surface area contributed by atoms with Crippen LogP contribution in [0.2, 0.25) is 0 Å². The van der Waals surface area contributed by atoms with E-state index in [9.17, 15) is 4.79 Å². The zero-order valence-electron chi connectivity index (χ0n) is 11.0. The number of Topliss-reactive ketones (excluding diaryl/α,β-unsaturated/α-hetero) is 1. The number of carbonyl (C=O) groups is 1. The summed E-state index contributed by atoms with van der Waals surface area (Å²) in [6.45, 7) is 4.76. The summed E-state index contributed by atoms with van der Waals surface area (Å²) in [6, 6.07) is 0. The zero-order chi connectivity index (χ0) is 13.3. The van der Waals surface area contributed by atoms with Crippen molar-refractivity contribution in [3.8, 4) is 0 Å². The molecule has 100 valence electrons. The molecule has 0 bridgehead atoms. The van der Waals surface area contributed by atoms with Crippen LogP contribution in [0.1, 0.15) is 44.0 Å². The van der Waals surface area contributed by atoms with Gasteiger partial charge in [0.15, 0.2) is 0 Å². The van der Waals surface area contributed by atoms with Gasteiger partial charge in [0, 0.05) is 24.9 Å². The highest BCUT2D eigenvalue weighted by molar-refractivity contribution is 9.10. The van der Waals surface area contributed by atoms with Crippen LogP contribution in [-0.2, 0) is 17.8 Å². The Bertz CT molecular complexity index is 463. The number of aromatic nitrogens is 2. The molecule has 2 rings (SSSR count). The van der Waals surface area contributed by atoms with Gasteiger partial charge in [-0.25, -0.2) is 0 Å². The highest BCUT2D eigenvalue weighted by atomic mass is 79.9. The summed E-state index contributed by atoms with van der Waals surface area (Å²) < 4.78 is 2.85. The van der Waals surface area contributed by atoms with Crippen LogP contribution >= 0.6 is 15.9 Å². The predicted molar refractivity (Wildman–Crippen MR) is 74.4 cm³/mol. The second kappa shape index (κ2) is 5.13. The monoisotopic (exact) mass is 313 g/mol. The fraction of sp³-hybridized carbons (Fsp3) is 0.692. The van der Waals surface area contributed by atoms with E-state index in [2.05, 4.69) is 21.0 Å². The van der Waals surface area contributed by atoms with Crippen molar-refractivity contribution in [2.45, 2.75) is 58.0 Å². The van der Waals surface area contributed by atoms with Crippen molar-refractivity contribution in [3.63, 3.8) is 0 Å². The molecule has 0 amide bonds. The van der Waals surface area contributed by atoms with Crippen LogP contribution in [0, 0.1) is 6.92 Å². The average Bonchev–Trinajstić information content (AvgIpc) is 2.54. The van der Waals surface area contributed by atoms with Crippen LogP contribution in [0.4, 0.5) is 0 Å². The smallest absolute Gasteiger partial charge is 0.140 e. The maximum atomic E-state index is 12.1. The number of halogens is 1. The van der Waals surface area contributed by atoms with Crippen molar-refractivity contribution < 1.29 is 4.79 Å². The van der Waals surface area contributed by atoms with Gasteiger partial charge < -0.3 is 5.73 Å². The first-order chi connectivity index (χ1) is 8.45. The Kier molecular flexibility index (Phi) is 3.92. The molecule has 0 spiro atoms. The van der Waals surface area contributed by atoms with E-state index in [-0.39, 0.29) is 11.3 Å². The Hall–Kier alpha value is -0.680. The summed E-state index contributed by atoms with van der Waals surface area (Å²) in [5, 5.41) is 4.40. The number of ketones is 1. The topological polar surface area (TPSA) is 60.9 Å². The van der Waals surface area contributed by atoms with Gasteiger partial charge in [0.2, 0.25) is 0 Å². The molecule has 1 saturated carbocycles. The summed E-state index contributed by atoms with van der Waals surface area (Å²) in [4.78, 5) is 12.1. The fourth-order valence-electron chi connectivity index (χ4n) is 2.49. The van der Waals surface area contributed by atoms with E-state index in [0.29, 0.717) is 12.8 Å². The fourth-order valence-corrected chi connectivity index (χ4v) is 2.91. The maximum Gasteiger partial charge on any atom is 0.140 e. The lowest BCUT2D eigenvalue weighted by molar-refractivity contribution is -0.120. The molecule has 0 unspecified atom stereocenters. The molecular weight excluding hydrogens is 294 g/mol. The molecule has 1 heterocycles. The molecule has 0 aliphatic heterocycles. The first kappa shape index (κ1) is 13.7. The lowest BCUT2D eigenvalue weighted by atomic mass is 9.74. The highest BCUT2D eigenvalue weighted by Gasteiger charge is 2.34. The van der Waals surface area contributed by atoms with Gasteiger partial charge >= 0.3 is 0 Å². The van der Waals surface area contributed by atoms with Gasteiger partial charge in [-0.3, -0.25) is 9.48 Å². The van der Waals surface area contributed by atoms with E-state index in [4.69, 9.17) is 5.73 Å². The van der Waals surface area contributed by atoms with E-state index in [1.807, 2.05) is 18.5 Å². The molecule has 0 saturated heterocycles. The molecule has 0 atom stereocenters. The van der Waals surface area contributed by atoms with Crippen LogP contribution in [0.25, 0.3) is 0 Å². The van der Waals surface area contributed by atoms with Gasteiger partial charge in [-0.1, -0.05) is 0 Å². The van der Waals surface area contributed by atoms with Crippen LogP contribution in [0.5, 0.6) is 0 Å². The maximum absolute atomic E-state index is 12.1. The minimum Gasteiger partial charge on any atom is -0.325 e. The first-order valence-electron chi connectivity index (χ1n) is 6.47. The van der Waals surface area contributed by atoms with E-state index >= 15 is 0 Å². The van der Waals surface area contributed by atoms with Gasteiger partial charge in [-0.05, 0) is 49.0 Å². The minimum absolute atomic E-state index is 0.215. The third kappa shape index (κ3) is 2.67. The van der Waals surface area contributed by atoms with Crippen molar-refractivity contribution in [3.05, 3.63) is 15.9 Å². The number of carbonyl (C=O) groups excluding carboxylic acids is 1. The Morgan fingerprint density at radius 1 is 1.56 bits per heavy atom. The largest absolute Gasteiger partial charge is 0.325 e. The summed E-state index contributed by atoms with van der Waals surface area (Å²) in [5.74, 6) is 0.215. The van der Waals surface area contributed by atoms with E-state index in [1.54, 1.807) is 0 Å². The molecule has 1 aromatic heterocycles. The Balaban J connectivity index is 2.06. The van der Waals surface area contributed by atoms with Crippen molar-refractivity contribution in [1.82, 2.24) is 9.78 Å². The lowest BCUT2D eigenvalue weighted by Gasteiger charge is -2.37. The van der Waals surface area contributed by atoms with Gasteiger partial charge in [0.25, 0.3) is 0 Å². The van der Waals surface area contributed by atoms with Crippen LogP contribution in [0.15, 0.2) is 4.47 Å². The molecule has 1 fully saturated rings. The molecule has 18 heavy (non-hydrogen) atoms. The van der Waals surface area contributed by atoms with Gasteiger partial charge in [0.05, 0.1) is 15.9 Å². The summed E-state index contributed by atoms with van der Waals surface area (Å²) >= 11 is 3.51. The van der Waals surface area contributed by atoms with Crippen LogP contribution < -0.4 is 5.73 Å². The minimum atomic E-state index is -0.227. The van der Waals surface area contributed by atoms with Gasteiger partial charge in [-0.2, -0.15) is 5.10 Å². The first-order valence-corrected chi connectivity index (χ1v) is 7.27. The third-order valence-corrected chi connectivity index (χ3v) is 4.75. The van der Waals surface area contributed by atoms with Crippen molar-refractivity contribution in [2.24, 2.45) is 5.73 Å². The Labute approximate surface area is 116 Å². The number of hydrogen-bond acceptors (Lipinski definition) is 3. The zero-order valence-corrected chi connectivity index (χ0v) is 12.6. The molecule has 1 aromatic rings. The van der Waals surface area contributed by atoms with E-state index in [0.717, 1.165) is 41.7 Å². The van der Waals surface area contributed by atoms with Crippen LogP contribution in [-0.4, -0.2) is 21.1 Å². The Morgan fingerprint density at radius 2 is 2.22 bits per heavy atom. The standard InChI is InChI=1S/C13H20BrN3O/c1-3-17-11(12(14)9(2)16-17)7-10(18)8-13(15)5-4-6-13/h3-8,15H2,1-2H3. The van der Waals surface area contributed by atoms with E-state index < -0.39 is 0 Å². The number of aryl methyl sites for hydroxylation is 2. The summed E-state index contributed by atoms with van der Waals surface area (Å²) in [6.07, 6.45) is 4.03. The van der Waals surface area contributed by atoms with Gasteiger partial charge in [0.1, 0.15) is 5.78 Å². The quantitative estimate of drug-likeness (QED) is 0.907. The Morgan fingerprint density at radius 3 is 2.72 bits per heavy atom. The van der Waals surface area contributed by atoms with Gasteiger partial charge in [-0.15, -0.1) is 0 Å². The molecule has 2 N–H and O–H groups in total. The molecule has 5 heteroatoms. The van der Waals surface area contributed by atoms with Crippen molar-refractivity contribution >= 4 is 21.7 Å². The molecule has 1 aliphatic rings. The van der Waals surface area contributed by atoms with E-state index in [1.165, 1.54) is 0 Å². The second-order valence-electron chi connectivity index (χ2n) is 5.27. The van der Waals surface area contributed by atoms with Crippen molar-refractivity contribution in [1.29, 1.82) is 0 Å².